The normalized spacial score (nSPS) is 16.5. The zero-order valence-corrected chi connectivity index (χ0v) is 15.2. The van der Waals surface area contributed by atoms with Crippen molar-refractivity contribution >= 4 is 34.8 Å². The Bertz CT molecular complexity index is 840. The summed E-state index contributed by atoms with van der Waals surface area (Å²) < 4.78 is 10.5. The summed E-state index contributed by atoms with van der Waals surface area (Å²) in [6, 6.07) is 12.2. The molecule has 1 aliphatic rings. The van der Waals surface area contributed by atoms with Crippen LogP contribution in [0.4, 0.5) is 11.4 Å². The van der Waals surface area contributed by atoms with E-state index in [1.807, 2.05) is 6.07 Å². The molecular formula is C19H19ClN2O4. The molecule has 0 aromatic heterocycles. The number of halogens is 1. The first kappa shape index (κ1) is 18.1. The van der Waals surface area contributed by atoms with E-state index in [1.54, 1.807) is 48.4 Å². The quantitative estimate of drug-likeness (QED) is 0.871. The number of rotatable bonds is 5. The van der Waals surface area contributed by atoms with E-state index in [0.717, 1.165) is 0 Å². The molecule has 1 unspecified atom stereocenters. The lowest BCUT2D eigenvalue weighted by Crippen LogP contribution is -2.28. The van der Waals surface area contributed by atoms with Crippen molar-refractivity contribution in [3.63, 3.8) is 0 Å². The van der Waals surface area contributed by atoms with Crippen molar-refractivity contribution in [2.24, 2.45) is 5.92 Å². The van der Waals surface area contributed by atoms with Crippen LogP contribution in [0.5, 0.6) is 11.5 Å². The lowest BCUT2D eigenvalue weighted by Gasteiger charge is -2.18. The number of hydrogen-bond donors (Lipinski definition) is 1. The summed E-state index contributed by atoms with van der Waals surface area (Å²) >= 11 is 6.17. The van der Waals surface area contributed by atoms with Crippen LogP contribution in [0, 0.1) is 5.92 Å². The van der Waals surface area contributed by atoms with Crippen LogP contribution in [0.15, 0.2) is 42.5 Å². The van der Waals surface area contributed by atoms with Gasteiger partial charge in [-0.15, -0.1) is 0 Å². The SMILES string of the molecule is COc1ccc(OC)c(NC(=O)C2CC(=O)N(c3ccccc3Cl)C2)c1. The van der Waals surface area contributed by atoms with Crippen molar-refractivity contribution in [2.45, 2.75) is 6.42 Å². The van der Waals surface area contributed by atoms with Crippen LogP contribution in [-0.2, 0) is 9.59 Å². The van der Waals surface area contributed by atoms with Crippen molar-refractivity contribution in [1.82, 2.24) is 0 Å². The van der Waals surface area contributed by atoms with Gasteiger partial charge in [0.05, 0.1) is 36.5 Å². The highest BCUT2D eigenvalue weighted by molar-refractivity contribution is 6.33. The summed E-state index contributed by atoms with van der Waals surface area (Å²) in [4.78, 5) is 26.6. The second-order valence-corrected chi connectivity index (χ2v) is 6.32. The maximum absolute atomic E-state index is 12.7. The second-order valence-electron chi connectivity index (χ2n) is 5.91. The largest absolute Gasteiger partial charge is 0.497 e. The van der Waals surface area contributed by atoms with Gasteiger partial charge in [-0.2, -0.15) is 0 Å². The predicted molar refractivity (Wildman–Crippen MR) is 100 cm³/mol. The molecule has 0 spiro atoms. The molecule has 1 aliphatic heterocycles. The van der Waals surface area contributed by atoms with Gasteiger partial charge in [0.2, 0.25) is 11.8 Å². The third-order valence-electron chi connectivity index (χ3n) is 4.30. The van der Waals surface area contributed by atoms with E-state index in [1.165, 1.54) is 7.11 Å². The van der Waals surface area contributed by atoms with Gasteiger partial charge in [0.15, 0.2) is 0 Å². The van der Waals surface area contributed by atoms with Gasteiger partial charge in [0.1, 0.15) is 11.5 Å². The zero-order chi connectivity index (χ0) is 18.7. The van der Waals surface area contributed by atoms with E-state index in [2.05, 4.69) is 5.32 Å². The highest BCUT2D eigenvalue weighted by Crippen LogP contribution is 2.33. The van der Waals surface area contributed by atoms with Crippen molar-refractivity contribution < 1.29 is 19.1 Å². The third kappa shape index (κ3) is 3.60. The van der Waals surface area contributed by atoms with Crippen molar-refractivity contribution in [2.75, 3.05) is 31.0 Å². The molecule has 2 aromatic carbocycles. The molecule has 7 heteroatoms. The second kappa shape index (κ2) is 7.66. The number of carbonyl (C=O) groups is 2. The van der Waals surface area contributed by atoms with Gasteiger partial charge in [0, 0.05) is 19.0 Å². The molecule has 1 saturated heterocycles. The number of nitrogens with one attached hydrogen (secondary N) is 1. The number of anilines is 2. The molecule has 1 heterocycles. The average molecular weight is 375 g/mol. The van der Waals surface area contributed by atoms with Crippen LogP contribution in [0.3, 0.4) is 0 Å². The van der Waals surface area contributed by atoms with Gasteiger partial charge in [-0.1, -0.05) is 23.7 Å². The summed E-state index contributed by atoms with van der Waals surface area (Å²) in [5, 5.41) is 3.31. The smallest absolute Gasteiger partial charge is 0.229 e. The summed E-state index contributed by atoms with van der Waals surface area (Å²) in [7, 11) is 3.07. The third-order valence-corrected chi connectivity index (χ3v) is 4.62. The highest BCUT2D eigenvalue weighted by Gasteiger charge is 2.36. The molecule has 2 aromatic rings. The fourth-order valence-corrected chi connectivity index (χ4v) is 3.17. The predicted octanol–water partition coefficient (Wildman–Crippen LogP) is 3.35. The Labute approximate surface area is 156 Å². The van der Waals surface area contributed by atoms with Crippen LogP contribution in [-0.4, -0.2) is 32.6 Å². The molecule has 136 valence electrons. The van der Waals surface area contributed by atoms with Crippen LogP contribution >= 0.6 is 11.6 Å². The van der Waals surface area contributed by atoms with Crippen molar-refractivity contribution in [1.29, 1.82) is 0 Å². The lowest BCUT2D eigenvalue weighted by molar-refractivity contribution is -0.122. The average Bonchev–Trinajstić information content (AvgIpc) is 3.03. The number of hydrogen-bond acceptors (Lipinski definition) is 4. The minimum atomic E-state index is -0.477. The minimum Gasteiger partial charge on any atom is -0.497 e. The molecule has 1 fully saturated rings. The fraction of sp³-hybridized carbons (Fsp3) is 0.263. The summed E-state index contributed by atoms with van der Waals surface area (Å²) in [6.45, 7) is 0.278. The molecule has 0 radical (unpaired) electrons. The van der Waals surface area contributed by atoms with Crippen LogP contribution < -0.4 is 19.7 Å². The summed E-state index contributed by atoms with van der Waals surface area (Å²) in [5.41, 5.74) is 1.12. The molecule has 1 N–H and O–H groups in total. The van der Waals surface area contributed by atoms with Gasteiger partial charge in [0.25, 0.3) is 0 Å². The first-order chi connectivity index (χ1) is 12.5. The van der Waals surface area contributed by atoms with E-state index >= 15 is 0 Å². The Balaban J connectivity index is 1.76. The lowest BCUT2D eigenvalue weighted by atomic mass is 10.1. The molecule has 1 atom stereocenters. The standard InChI is InChI=1S/C19H19ClN2O4/c1-25-13-7-8-17(26-2)15(10-13)21-19(24)12-9-18(23)22(11-12)16-6-4-3-5-14(16)20/h3-8,10,12H,9,11H2,1-2H3,(H,21,24). The van der Waals surface area contributed by atoms with E-state index in [9.17, 15) is 9.59 Å². The van der Waals surface area contributed by atoms with Gasteiger partial charge in [-0.3, -0.25) is 9.59 Å². The molecule has 0 saturated carbocycles. The Morgan fingerprint density at radius 1 is 1.19 bits per heavy atom. The number of benzene rings is 2. The Morgan fingerprint density at radius 3 is 2.65 bits per heavy atom. The van der Waals surface area contributed by atoms with Gasteiger partial charge in [-0.05, 0) is 24.3 Å². The summed E-state index contributed by atoms with van der Waals surface area (Å²) in [5.74, 6) is 0.262. The van der Waals surface area contributed by atoms with Crippen molar-refractivity contribution in [3.8, 4) is 11.5 Å². The van der Waals surface area contributed by atoms with Gasteiger partial charge in [-0.25, -0.2) is 0 Å². The number of ether oxygens (including phenoxy) is 2. The van der Waals surface area contributed by atoms with E-state index in [-0.39, 0.29) is 24.8 Å². The first-order valence-electron chi connectivity index (χ1n) is 8.11. The van der Waals surface area contributed by atoms with Crippen molar-refractivity contribution in [3.05, 3.63) is 47.5 Å². The molecule has 26 heavy (non-hydrogen) atoms. The summed E-state index contributed by atoms with van der Waals surface area (Å²) in [6.07, 6.45) is 0.128. The Hall–Kier alpha value is -2.73. The number of nitrogens with zero attached hydrogens (tertiary/aromatic N) is 1. The molecule has 3 rings (SSSR count). The Morgan fingerprint density at radius 2 is 1.96 bits per heavy atom. The maximum Gasteiger partial charge on any atom is 0.229 e. The monoisotopic (exact) mass is 374 g/mol. The van der Waals surface area contributed by atoms with Crippen LogP contribution in [0.1, 0.15) is 6.42 Å². The van der Waals surface area contributed by atoms with E-state index in [4.69, 9.17) is 21.1 Å². The van der Waals surface area contributed by atoms with Crippen LogP contribution in [0.2, 0.25) is 5.02 Å². The number of methoxy groups -OCH3 is 2. The maximum atomic E-state index is 12.7. The molecule has 0 aliphatic carbocycles. The van der Waals surface area contributed by atoms with Gasteiger partial charge >= 0.3 is 0 Å². The zero-order valence-electron chi connectivity index (χ0n) is 14.5. The Kier molecular flexibility index (Phi) is 5.32. The fourth-order valence-electron chi connectivity index (χ4n) is 2.93. The van der Waals surface area contributed by atoms with E-state index < -0.39 is 5.92 Å². The highest BCUT2D eigenvalue weighted by atomic mass is 35.5. The minimum absolute atomic E-state index is 0.128. The molecule has 6 nitrogen and oxygen atoms in total. The van der Waals surface area contributed by atoms with Crippen LogP contribution in [0.25, 0.3) is 0 Å². The molecular weight excluding hydrogens is 356 g/mol. The van der Waals surface area contributed by atoms with Gasteiger partial charge < -0.3 is 19.7 Å². The van der Waals surface area contributed by atoms with E-state index in [0.29, 0.717) is 27.9 Å². The number of para-hydroxylation sites is 1. The number of carbonyl (C=O) groups excluding carboxylic acids is 2. The first-order valence-corrected chi connectivity index (χ1v) is 8.49. The number of amides is 2. The molecule has 0 bridgehead atoms. The topological polar surface area (TPSA) is 67.9 Å². The molecule has 2 amide bonds.